The first-order valence-electron chi connectivity index (χ1n) is 9.93. The molecule has 30 heavy (non-hydrogen) atoms. The molecule has 2 aromatic heterocycles. The number of hydrogen-bond donors (Lipinski definition) is 0. The molecule has 0 N–H and O–H groups in total. The minimum Gasteiger partial charge on any atom is -0.462 e. The Kier molecular flexibility index (Phi) is 5.74. The van der Waals surface area contributed by atoms with E-state index < -0.39 is 0 Å². The van der Waals surface area contributed by atoms with Crippen LogP contribution in [-0.2, 0) is 4.74 Å². The summed E-state index contributed by atoms with van der Waals surface area (Å²) in [6.07, 6.45) is 4.90. The maximum Gasteiger partial charge on any atom is 0.339 e. The van der Waals surface area contributed by atoms with Crippen molar-refractivity contribution < 1.29 is 14.3 Å². The van der Waals surface area contributed by atoms with Gasteiger partial charge < -0.3 is 14.5 Å². The Hall–Kier alpha value is -3.68. The van der Waals surface area contributed by atoms with Crippen molar-refractivity contribution in [3.8, 4) is 5.69 Å². The van der Waals surface area contributed by atoms with E-state index in [2.05, 4.69) is 15.0 Å². The highest BCUT2D eigenvalue weighted by Crippen LogP contribution is 2.16. The van der Waals surface area contributed by atoms with E-state index in [1.54, 1.807) is 30.1 Å². The molecule has 1 aliphatic heterocycles. The zero-order chi connectivity index (χ0) is 20.9. The van der Waals surface area contributed by atoms with E-state index >= 15 is 0 Å². The van der Waals surface area contributed by atoms with Gasteiger partial charge >= 0.3 is 5.97 Å². The van der Waals surface area contributed by atoms with Gasteiger partial charge in [-0.3, -0.25) is 4.79 Å². The highest BCUT2D eigenvalue weighted by molar-refractivity contribution is 5.94. The van der Waals surface area contributed by atoms with Crippen LogP contribution < -0.4 is 4.90 Å². The molecule has 1 fully saturated rings. The maximum atomic E-state index is 12.9. The van der Waals surface area contributed by atoms with Crippen LogP contribution >= 0.6 is 0 Å². The van der Waals surface area contributed by atoms with Crippen LogP contribution in [0.1, 0.15) is 27.6 Å². The Bertz CT molecular complexity index is 1010. The molecule has 1 aromatic carbocycles. The van der Waals surface area contributed by atoms with Crippen molar-refractivity contribution in [2.75, 3.05) is 37.7 Å². The summed E-state index contributed by atoms with van der Waals surface area (Å²) in [5.41, 5.74) is 1.92. The predicted octanol–water partition coefficient (Wildman–Crippen LogP) is 2.41. The summed E-state index contributed by atoms with van der Waals surface area (Å²) in [6, 6.07) is 13.2. The number of amides is 1. The monoisotopic (exact) mass is 405 g/mol. The Labute approximate surface area is 174 Å². The van der Waals surface area contributed by atoms with Crippen molar-refractivity contribution in [1.29, 1.82) is 0 Å². The number of benzene rings is 1. The Morgan fingerprint density at radius 1 is 0.967 bits per heavy atom. The molecule has 0 unspecified atom stereocenters. The van der Waals surface area contributed by atoms with Gasteiger partial charge in [-0.15, -0.1) is 0 Å². The molecule has 1 saturated heterocycles. The van der Waals surface area contributed by atoms with E-state index in [1.165, 1.54) is 6.20 Å². The summed E-state index contributed by atoms with van der Waals surface area (Å²) in [7, 11) is 0. The molecule has 8 nitrogen and oxygen atoms in total. The van der Waals surface area contributed by atoms with Gasteiger partial charge in [0.05, 0.1) is 29.6 Å². The summed E-state index contributed by atoms with van der Waals surface area (Å²) in [5, 5.41) is 4.31. The number of esters is 1. The number of piperazine rings is 1. The van der Waals surface area contributed by atoms with Crippen LogP contribution in [0.25, 0.3) is 5.69 Å². The lowest BCUT2D eigenvalue weighted by atomic mass is 10.2. The van der Waals surface area contributed by atoms with Crippen LogP contribution in [0.5, 0.6) is 0 Å². The van der Waals surface area contributed by atoms with Crippen molar-refractivity contribution in [1.82, 2.24) is 19.7 Å². The van der Waals surface area contributed by atoms with Gasteiger partial charge in [-0.25, -0.2) is 14.5 Å². The molecule has 8 heteroatoms. The number of nitrogens with zero attached hydrogens (tertiary/aromatic N) is 5. The number of anilines is 1. The summed E-state index contributed by atoms with van der Waals surface area (Å²) >= 11 is 0. The van der Waals surface area contributed by atoms with E-state index in [9.17, 15) is 9.59 Å². The molecule has 154 valence electrons. The van der Waals surface area contributed by atoms with Gasteiger partial charge in [0, 0.05) is 38.6 Å². The lowest BCUT2D eigenvalue weighted by Gasteiger charge is -2.35. The minimum absolute atomic E-state index is 0.0255. The minimum atomic E-state index is -0.372. The van der Waals surface area contributed by atoms with Crippen LogP contribution in [0.4, 0.5) is 5.82 Å². The molecule has 4 rings (SSSR count). The van der Waals surface area contributed by atoms with Crippen molar-refractivity contribution in [2.24, 2.45) is 0 Å². The molecule has 0 atom stereocenters. The quantitative estimate of drug-likeness (QED) is 0.607. The van der Waals surface area contributed by atoms with Crippen LogP contribution in [0.3, 0.4) is 0 Å². The van der Waals surface area contributed by atoms with Crippen LogP contribution in [0.2, 0.25) is 0 Å². The predicted molar refractivity (Wildman–Crippen MR) is 112 cm³/mol. The second-order valence-electron chi connectivity index (χ2n) is 6.91. The number of para-hydroxylation sites is 1. The van der Waals surface area contributed by atoms with Gasteiger partial charge in [0.15, 0.2) is 0 Å². The molecular formula is C22H23N5O3. The van der Waals surface area contributed by atoms with E-state index in [0.717, 1.165) is 11.5 Å². The normalized spacial score (nSPS) is 13.9. The smallest absolute Gasteiger partial charge is 0.339 e. The first-order chi connectivity index (χ1) is 14.7. The summed E-state index contributed by atoms with van der Waals surface area (Å²) in [4.78, 5) is 32.9. The highest BCUT2D eigenvalue weighted by Gasteiger charge is 2.24. The molecule has 3 heterocycles. The van der Waals surface area contributed by atoms with Gasteiger partial charge in [-0.1, -0.05) is 18.2 Å². The van der Waals surface area contributed by atoms with Crippen molar-refractivity contribution in [2.45, 2.75) is 6.92 Å². The third-order valence-electron chi connectivity index (χ3n) is 5.00. The third kappa shape index (κ3) is 4.17. The number of ether oxygens (including phenoxy) is 1. The molecular weight excluding hydrogens is 382 g/mol. The molecule has 0 aliphatic carbocycles. The van der Waals surface area contributed by atoms with Crippen molar-refractivity contribution in [3.63, 3.8) is 0 Å². The van der Waals surface area contributed by atoms with E-state index in [0.29, 0.717) is 43.9 Å². The first kappa shape index (κ1) is 19.6. The van der Waals surface area contributed by atoms with Crippen molar-refractivity contribution >= 4 is 17.7 Å². The Morgan fingerprint density at radius 2 is 1.73 bits per heavy atom. The zero-order valence-corrected chi connectivity index (χ0v) is 16.8. The molecule has 0 spiro atoms. The van der Waals surface area contributed by atoms with Crippen LogP contribution in [0, 0.1) is 0 Å². The fourth-order valence-electron chi connectivity index (χ4n) is 3.38. The molecule has 0 saturated carbocycles. The molecule has 0 radical (unpaired) electrons. The highest BCUT2D eigenvalue weighted by atomic mass is 16.5. The SMILES string of the molecule is CCOC(=O)c1ccc(N2CCN(C(=O)c3cnn(-c4ccccc4)c3)CC2)nc1. The number of rotatable bonds is 5. The lowest BCUT2D eigenvalue weighted by molar-refractivity contribution is 0.0525. The Balaban J connectivity index is 1.36. The number of carbonyl (C=O) groups excluding carboxylic acids is 2. The number of pyridine rings is 1. The summed E-state index contributed by atoms with van der Waals surface area (Å²) in [6.45, 7) is 4.63. The number of hydrogen-bond acceptors (Lipinski definition) is 6. The van der Waals surface area contributed by atoms with Gasteiger partial charge in [0.1, 0.15) is 5.82 Å². The fourth-order valence-corrected chi connectivity index (χ4v) is 3.38. The molecule has 0 bridgehead atoms. The van der Waals surface area contributed by atoms with Gasteiger partial charge in [0.2, 0.25) is 0 Å². The second kappa shape index (κ2) is 8.77. The first-order valence-corrected chi connectivity index (χ1v) is 9.93. The Morgan fingerprint density at radius 3 is 2.40 bits per heavy atom. The summed E-state index contributed by atoms with van der Waals surface area (Å²) < 4.78 is 6.69. The maximum absolute atomic E-state index is 12.9. The zero-order valence-electron chi connectivity index (χ0n) is 16.8. The largest absolute Gasteiger partial charge is 0.462 e. The van der Waals surface area contributed by atoms with E-state index in [4.69, 9.17) is 4.74 Å². The molecule has 1 aliphatic rings. The summed E-state index contributed by atoms with van der Waals surface area (Å²) in [5.74, 6) is 0.387. The molecule has 3 aromatic rings. The van der Waals surface area contributed by atoms with Gasteiger partial charge in [0.25, 0.3) is 5.91 Å². The standard InChI is InChI=1S/C22H23N5O3/c1-2-30-22(29)17-8-9-20(23-14-17)25-10-12-26(13-11-25)21(28)18-15-24-27(16-18)19-6-4-3-5-7-19/h3-9,14-16H,2,10-13H2,1H3. The second-order valence-corrected chi connectivity index (χ2v) is 6.91. The van der Waals surface area contributed by atoms with E-state index in [1.807, 2.05) is 41.3 Å². The number of carbonyl (C=O) groups is 2. The average molecular weight is 405 g/mol. The average Bonchev–Trinajstić information content (AvgIpc) is 3.30. The van der Waals surface area contributed by atoms with Crippen LogP contribution in [-0.4, -0.2) is 64.3 Å². The van der Waals surface area contributed by atoms with E-state index in [-0.39, 0.29) is 11.9 Å². The topological polar surface area (TPSA) is 80.6 Å². The number of aromatic nitrogens is 3. The van der Waals surface area contributed by atoms with Crippen LogP contribution in [0.15, 0.2) is 61.1 Å². The van der Waals surface area contributed by atoms with Crippen molar-refractivity contribution in [3.05, 3.63) is 72.2 Å². The van der Waals surface area contributed by atoms with Gasteiger partial charge in [-0.05, 0) is 31.2 Å². The van der Waals surface area contributed by atoms with Gasteiger partial charge in [-0.2, -0.15) is 5.10 Å². The third-order valence-corrected chi connectivity index (χ3v) is 5.00. The molecule has 1 amide bonds. The fraction of sp³-hybridized carbons (Fsp3) is 0.273. The lowest BCUT2D eigenvalue weighted by Crippen LogP contribution is -2.49.